The first-order valence-electron chi connectivity index (χ1n) is 10.2. The first-order valence-corrected chi connectivity index (χ1v) is 12.0. The van der Waals surface area contributed by atoms with Gasteiger partial charge in [-0.3, -0.25) is 4.79 Å². The Morgan fingerprint density at radius 1 is 1.12 bits per heavy atom. The Morgan fingerprint density at radius 2 is 1.75 bits per heavy atom. The molecule has 32 heavy (non-hydrogen) atoms. The van der Waals surface area contributed by atoms with Gasteiger partial charge in [0, 0.05) is 5.56 Å². The molecule has 0 aliphatic heterocycles. The molecule has 0 saturated carbocycles. The van der Waals surface area contributed by atoms with Gasteiger partial charge in [-0.15, -0.1) is 0 Å². The van der Waals surface area contributed by atoms with E-state index in [0.29, 0.717) is 17.8 Å². The molecule has 0 fully saturated rings. The quantitative estimate of drug-likeness (QED) is 0.415. The summed E-state index contributed by atoms with van der Waals surface area (Å²) < 4.78 is 30.0. The Labute approximate surface area is 186 Å². The van der Waals surface area contributed by atoms with Crippen LogP contribution >= 0.6 is 0 Å². The minimum Gasteiger partial charge on any atom is -0.381 e. The van der Waals surface area contributed by atoms with Crippen molar-refractivity contribution in [2.75, 3.05) is 5.75 Å². The van der Waals surface area contributed by atoms with Crippen LogP contribution in [0, 0.1) is 0 Å². The van der Waals surface area contributed by atoms with E-state index < -0.39 is 39.7 Å². The topological polar surface area (TPSA) is 148 Å². The number of amides is 1. The average Bonchev–Trinajstić information content (AvgIpc) is 3.28. The van der Waals surface area contributed by atoms with Gasteiger partial charge in [0.1, 0.15) is 0 Å². The molecule has 2 unspecified atom stereocenters. The van der Waals surface area contributed by atoms with Gasteiger partial charge in [-0.2, -0.15) is 4.98 Å². The summed E-state index contributed by atoms with van der Waals surface area (Å²) in [5, 5.41) is 17.1. The zero-order chi connectivity index (χ0) is 23.1. The highest BCUT2D eigenvalue weighted by atomic mass is 32.2. The number of nitrogens with two attached hydrogens (primary N) is 1. The maximum absolute atomic E-state index is 12.5. The number of carbonyl (C=O) groups excluding carboxylic acids is 1. The number of sulfone groups is 1. The predicted octanol–water partition coefficient (Wildman–Crippen LogP) is 1.61. The molecule has 0 aliphatic rings. The second-order valence-corrected chi connectivity index (χ2v) is 9.55. The molecule has 3 aromatic rings. The van der Waals surface area contributed by atoms with E-state index in [-0.39, 0.29) is 11.6 Å². The average molecular weight is 459 g/mol. The lowest BCUT2D eigenvalue weighted by atomic mass is 10.1. The van der Waals surface area contributed by atoms with Gasteiger partial charge in [-0.1, -0.05) is 72.7 Å². The largest absolute Gasteiger partial charge is 0.381 e. The van der Waals surface area contributed by atoms with Gasteiger partial charge in [0.05, 0.1) is 23.6 Å². The van der Waals surface area contributed by atoms with E-state index in [1.165, 1.54) is 0 Å². The van der Waals surface area contributed by atoms with E-state index >= 15 is 0 Å². The third kappa shape index (κ3) is 6.22. The van der Waals surface area contributed by atoms with Crippen molar-refractivity contribution in [1.29, 1.82) is 0 Å². The van der Waals surface area contributed by atoms with E-state index in [1.54, 1.807) is 49.4 Å². The van der Waals surface area contributed by atoms with Crippen LogP contribution in [0.3, 0.4) is 0 Å². The summed E-state index contributed by atoms with van der Waals surface area (Å²) in [4.78, 5) is 16.7. The highest BCUT2D eigenvalue weighted by molar-refractivity contribution is 7.90. The molecular weight excluding hydrogens is 432 g/mol. The number of aromatic nitrogens is 2. The molecule has 9 nitrogen and oxygen atoms in total. The lowest BCUT2D eigenvalue weighted by Gasteiger charge is -2.22. The second kappa shape index (κ2) is 10.5. The maximum Gasteiger partial charge on any atom is 0.257 e. The van der Waals surface area contributed by atoms with Crippen molar-refractivity contribution < 1.29 is 22.8 Å². The number of hydrogen-bond acceptors (Lipinski definition) is 8. The monoisotopic (exact) mass is 458 g/mol. The van der Waals surface area contributed by atoms with Crippen molar-refractivity contribution in [3.05, 3.63) is 72.1 Å². The summed E-state index contributed by atoms with van der Waals surface area (Å²) in [6.45, 7) is 1.75. The molecule has 3 atom stereocenters. The van der Waals surface area contributed by atoms with Gasteiger partial charge < -0.3 is 20.7 Å². The highest BCUT2D eigenvalue weighted by Crippen LogP contribution is 2.21. The second-order valence-electron chi connectivity index (χ2n) is 7.44. The molecular formula is C22H26N4O5S. The number of carbonyl (C=O) groups is 1. The molecule has 1 aromatic heterocycles. The first kappa shape index (κ1) is 23.6. The molecule has 170 valence electrons. The number of nitrogens with zero attached hydrogens (tertiary/aromatic N) is 2. The fourth-order valence-corrected chi connectivity index (χ4v) is 4.68. The number of hydrogen-bond donors (Lipinski definition) is 3. The van der Waals surface area contributed by atoms with Gasteiger partial charge in [0.15, 0.2) is 15.9 Å². The Bertz CT molecular complexity index is 1120. The van der Waals surface area contributed by atoms with E-state index in [4.69, 9.17) is 10.3 Å². The summed E-state index contributed by atoms with van der Waals surface area (Å²) in [5.41, 5.74) is 7.19. The Balaban J connectivity index is 1.61. The van der Waals surface area contributed by atoms with Crippen molar-refractivity contribution >= 4 is 15.7 Å². The van der Waals surface area contributed by atoms with Crippen LogP contribution in [-0.4, -0.2) is 47.4 Å². The van der Waals surface area contributed by atoms with E-state index in [2.05, 4.69) is 15.5 Å². The standard InChI is InChI=1S/C22H26N4O5S/c1-2-18(19(27)22-25-20(26-31-22)16-11-7-4-8-12-16)24-21(28)17(23)14-32(29,30)13-15-9-5-3-6-10-15/h3-12,17-19,27H,2,13-14,23H2,1H3,(H,24,28)/t17?,18?,19-/m1/s1. The summed E-state index contributed by atoms with van der Waals surface area (Å²) in [6.07, 6.45) is -0.943. The molecule has 0 spiro atoms. The number of nitrogens with one attached hydrogen (secondary N) is 1. The van der Waals surface area contributed by atoms with Crippen molar-refractivity contribution in [2.45, 2.75) is 37.3 Å². The molecule has 0 aliphatic carbocycles. The van der Waals surface area contributed by atoms with Crippen LogP contribution < -0.4 is 11.1 Å². The van der Waals surface area contributed by atoms with E-state index in [0.717, 1.165) is 5.56 Å². The van der Waals surface area contributed by atoms with Gasteiger partial charge in [-0.25, -0.2) is 8.42 Å². The number of rotatable bonds is 10. The van der Waals surface area contributed by atoms with E-state index in [1.807, 2.05) is 18.2 Å². The van der Waals surface area contributed by atoms with Gasteiger partial charge in [0.2, 0.25) is 11.7 Å². The van der Waals surface area contributed by atoms with Gasteiger partial charge in [0.25, 0.3) is 5.89 Å². The Morgan fingerprint density at radius 3 is 2.38 bits per heavy atom. The molecule has 0 bridgehead atoms. The molecule has 0 saturated heterocycles. The summed E-state index contributed by atoms with van der Waals surface area (Å²) in [6, 6.07) is 15.7. The first-order chi connectivity index (χ1) is 15.3. The van der Waals surface area contributed by atoms with Crippen LogP contribution in [0.15, 0.2) is 65.2 Å². The molecule has 1 heterocycles. The summed E-state index contributed by atoms with van der Waals surface area (Å²) in [5.74, 6) is -1.15. The molecule has 1 amide bonds. The minimum atomic E-state index is -3.61. The Kier molecular flexibility index (Phi) is 7.73. The number of aliphatic hydroxyl groups excluding tert-OH is 1. The summed E-state index contributed by atoms with van der Waals surface area (Å²) >= 11 is 0. The van der Waals surface area contributed by atoms with Crippen LogP contribution in [-0.2, 0) is 20.4 Å². The molecule has 10 heteroatoms. The van der Waals surface area contributed by atoms with Crippen LogP contribution in [0.4, 0.5) is 0 Å². The summed E-state index contributed by atoms with van der Waals surface area (Å²) in [7, 11) is -3.61. The van der Waals surface area contributed by atoms with Crippen molar-refractivity contribution in [2.24, 2.45) is 5.73 Å². The van der Waals surface area contributed by atoms with E-state index in [9.17, 15) is 18.3 Å². The third-order valence-electron chi connectivity index (χ3n) is 4.88. The lowest BCUT2D eigenvalue weighted by molar-refractivity contribution is -0.123. The number of aliphatic hydroxyl groups is 1. The van der Waals surface area contributed by atoms with Crippen LogP contribution in [0.25, 0.3) is 11.4 Å². The zero-order valence-corrected chi connectivity index (χ0v) is 18.4. The number of benzene rings is 2. The highest BCUT2D eigenvalue weighted by Gasteiger charge is 2.30. The minimum absolute atomic E-state index is 0.0544. The van der Waals surface area contributed by atoms with Crippen molar-refractivity contribution in [3.8, 4) is 11.4 Å². The fraction of sp³-hybridized carbons (Fsp3) is 0.318. The fourth-order valence-electron chi connectivity index (χ4n) is 3.16. The molecule has 4 N–H and O–H groups in total. The third-order valence-corrected chi connectivity index (χ3v) is 6.52. The maximum atomic E-state index is 12.5. The molecule has 2 aromatic carbocycles. The molecule has 3 rings (SSSR count). The van der Waals surface area contributed by atoms with Gasteiger partial charge in [-0.05, 0) is 12.0 Å². The van der Waals surface area contributed by atoms with Crippen LogP contribution in [0.1, 0.15) is 30.9 Å². The lowest BCUT2D eigenvalue weighted by Crippen LogP contribution is -2.50. The van der Waals surface area contributed by atoms with Crippen LogP contribution in [0.2, 0.25) is 0 Å². The normalized spacial score (nSPS) is 14.5. The van der Waals surface area contributed by atoms with Crippen molar-refractivity contribution in [3.63, 3.8) is 0 Å². The smallest absolute Gasteiger partial charge is 0.257 e. The van der Waals surface area contributed by atoms with Gasteiger partial charge >= 0.3 is 0 Å². The van der Waals surface area contributed by atoms with Crippen LogP contribution in [0.5, 0.6) is 0 Å². The SMILES string of the molecule is CCC(NC(=O)C(N)CS(=O)(=O)Cc1ccccc1)[C@@H](O)c1nc(-c2ccccc2)no1. The molecule has 0 radical (unpaired) electrons. The van der Waals surface area contributed by atoms with Crippen molar-refractivity contribution in [1.82, 2.24) is 15.5 Å². The Hall–Kier alpha value is -3.08. The predicted molar refractivity (Wildman–Crippen MR) is 119 cm³/mol. The zero-order valence-electron chi connectivity index (χ0n) is 17.6.